The summed E-state index contributed by atoms with van der Waals surface area (Å²) in [5, 5.41) is 2.67. The lowest BCUT2D eigenvalue weighted by Gasteiger charge is -2.23. The molecule has 1 N–H and O–H groups in total. The second kappa shape index (κ2) is 8.17. The van der Waals surface area contributed by atoms with Gasteiger partial charge in [0.25, 0.3) is 0 Å². The normalized spacial score (nSPS) is 20.0. The summed E-state index contributed by atoms with van der Waals surface area (Å²) in [7, 11) is 0. The van der Waals surface area contributed by atoms with Crippen molar-refractivity contribution in [1.29, 1.82) is 0 Å². The molecule has 33 heavy (non-hydrogen) atoms. The fourth-order valence-corrected chi connectivity index (χ4v) is 4.47. The number of rotatable bonds is 4. The van der Waals surface area contributed by atoms with Gasteiger partial charge in [-0.1, -0.05) is 0 Å². The van der Waals surface area contributed by atoms with Crippen LogP contribution in [-0.4, -0.2) is 38.2 Å². The number of alkyl halides is 3. The number of halogens is 3. The molecular weight excluding hydrogens is 439 g/mol. The SMILES string of the molecule is O=C(Nc1cc(C(F)(F)F)ccc1N1CCCC1)C1CC(=O)N(c2ccc3c(c2)OCO3)C1. The van der Waals surface area contributed by atoms with Crippen LogP contribution in [-0.2, 0) is 15.8 Å². The molecule has 10 heteroatoms. The second-order valence-electron chi connectivity index (χ2n) is 8.36. The molecule has 3 heterocycles. The number of carbonyl (C=O) groups excluding carboxylic acids is 2. The van der Waals surface area contributed by atoms with E-state index in [0.29, 0.717) is 36.0 Å². The Morgan fingerprint density at radius 3 is 2.55 bits per heavy atom. The first-order valence-electron chi connectivity index (χ1n) is 10.8. The first-order valence-corrected chi connectivity index (χ1v) is 10.8. The highest BCUT2D eigenvalue weighted by Gasteiger charge is 2.37. The van der Waals surface area contributed by atoms with Gasteiger partial charge in [-0.25, -0.2) is 0 Å². The van der Waals surface area contributed by atoms with E-state index in [1.54, 1.807) is 18.2 Å². The molecular formula is C23H22F3N3O4. The van der Waals surface area contributed by atoms with Crippen LogP contribution in [0, 0.1) is 5.92 Å². The van der Waals surface area contributed by atoms with E-state index < -0.39 is 23.6 Å². The molecule has 3 aliphatic heterocycles. The average molecular weight is 461 g/mol. The Morgan fingerprint density at radius 2 is 1.79 bits per heavy atom. The van der Waals surface area contributed by atoms with Gasteiger partial charge < -0.3 is 24.6 Å². The van der Waals surface area contributed by atoms with Crippen molar-refractivity contribution in [3.63, 3.8) is 0 Å². The summed E-state index contributed by atoms with van der Waals surface area (Å²) in [6, 6.07) is 8.50. The van der Waals surface area contributed by atoms with Gasteiger partial charge in [-0.3, -0.25) is 9.59 Å². The molecule has 2 fully saturated rings. The summed E-state index contributed by atoms with van der Waals surface area (Å²) in [6.07, 6.45) is -2.67. The summed E-state index contributed by atoms with van der Waals surface area (Å²) in [6.45, 7) is 1.67. The van der Waals surface area contributed by atoms with E-state index in [-0.39, 0.29) is 31.4 Å². The number of anilines is 3. The van der Waals surface area contributed by atoms with Crippen LogP contribution in [0.3, 0.4) is 0 Å². The molecule has 0 radical (unpaired) electrons. The summed E-state index contributed by atoms with van der Waals surface area (Å²) in [5.41, 5.74) is 0.429. The van der Waals surface area contributed by atoms with Crippen LogP contribution in [0.25, 0.3) is 0 Å². The van der Waals surface area contributed by atoms with Gasteiger partial charge in [0.1, 0.15) is 0 Å². The number of ether oxygens (including phenoxy) is 2. The molecule has 0 saturated carbocycles. The van der Waals surface area contributed by atoms with Crippen LogP contribution in [0.4, 0.5) is 30.2 Å². The number of benzene rings is 2. The molecule has 5 rings (SSSR count). The molecule has 174 valence electrons. The Morgan fingerprint density at radius 1 is 1.03 bits per heavy atom. The van der Waals surface area contributed by atoms with Crippen LogP contribution in [0.5, 0.6) is 11.5 Å². The summed E-state index contributed by atoms with van der Waals surface area (Å²) >= 11 is 0. The molecule has 2 amide bonds. The van der Waals surface area contributed by atoms with E-state index in [0.717, 1.165) is 25.0 Å². The summed E-state index contributed by atoms with van der Waals surface area (Å²) in [5.74, 6) is -0.306. The molecule has 2 aromatic rings. The van der Waals surface area contributed by atoms with Gasteiger partial charge in [-0.2, -0.15) is 13.2 Å². The lowest BCUT2D eigenvalue weighted by molar-refractivity contribution is -0.137. The molecule has 0 aromatic heterocycles. The van der Waals surface area contributed by atoms with E-state index in [9.17, 15) is 22.8 Å². The molecule has 2 saturated heterocycles. The summed E-state index contributed by atoms with van der Waals surface area (Å²) in [4.78, 5) is 29.1. The zero-order valence-electron chi connectivity index (χ0n) is 17.7. The third kappa shape index (κ3) is 4.17. The zero-order chi connectivity index (χ0) is 23.2. The largest absolute Gasteiger partial charge is 0.454 e. The van der Waals surface area contributed by atoms with Crippen molar-refractivity contribution >= 4 is 28.9 Å². The van der Waals surface area contributed by atoms with E-state index >= 15 is 0 Å². The average Bonchev–Trinajstić information content (AvgIpc) is 3.53. The monoisotopic (exact) mass is 461 g/mol. The van der Waals surface area contributed by atoms with Gasteiger partial charge >= 0.3 is 6.18 Å². The molecule has 0 bridgehead atoms. The number of fused-ring (bicyclic) bond motifs is 1. The minimum absolute atomic E-state index is 0.0295. The maximum absolute atomic E-state index is 13.3. The standard InChI is InChI=1S/C23H22F3N3O4/c24-23(25,26)15-3-5-18(28-7-1-2-8-28)17(10-15)27-22(31)14-9-21(30)29(12-14)16-4-6-19-20(11-16)33-13-32-19/h3-6,10-11,14H,1-2,7-9,12-13H2,(H,27,31). The fraction of sp³-hybridized carbons (Fsp3) is 0.391. The molecule has 0 aliphatic carbocycles. The number of nitrogens with zero attached hydrogens (tertiary/aromatic N) is 2. The van der Waals surface area contributed by atoms with Crippen molar-refractivity contribution in [2.24, 2.45) is 5.92 Å². The Labute approximate surface area is 188 Å². The number of nitrogens with one attached hydrogen (secondary N) is 1. The molecule has 1 atom stereocenters. The van der Waals surface area contributed by atoms with Gasteiger partial charge in [-0.15, -0.1) is 0 Å². The van der Waals surface area contributed by atoms with Gasteiger partial charge in [-0.05, 0) is 43.2 Å². The number of hydrogen-bond acceptors (Lipinski definition) is 5. The molecule has 1 unspecified atom stereocenters. The number of amides is 2. The minimum Gasteiger partial charge on any atom is -0.454 e. The quantitative estimate of drug-likeness (QED) is 0.745. The second-order valence-corrected chi connectivity index (χ2v) is 8.36. The topological polar surface area (TPSA) is 71.1 Å². The van der Waals surface area contributed by atoms with E-state index in [1.165, 1.54) is 11.0 Å². The highest BCUT2D eigenvalue weighted by Crippen LogP contribution is 2.39. The maximum Gasteiger partial charge on any atom is 0.416 e. The first-order chi connectivity index (χ1) is 15.8. The van der Waals surface area contributed by atoms with Crippen molar-refractivity contribution in [2.45, 2.75) is 25.4 Å². The van der Waals surface area contributed by atoms with Crippen LogP contribution in [0.1, 0.15) is 24.8 Å². The molecule has 7 nitrogen and oxygen atoms in total. The zero-order valence-corrected chi connectivity index (χ0v) is 17.7. The predicted molar refractivity (Wildman–Crippen MR) is 115 cm³/mol. The van der Waals surface area contributed by atoms with Crippen LogP contribution < -0.4 is 24.6 Å². The van der Waals surface area contributed by atoms with E-state index in [2.05, 4.69) is 5.32 Å². The summed E-state index contributed by atoms with van der Waals surface area (Å²) < 4.78 is 50.5. The number of hydrogen-bond donors (Lipinski definition) is 1. The Kier molecular flexibility index (Phi) is 5.30. The Balaban J connectivity index is 1.35. The molecule has 0 spiro atoms. The molecule has 3 aliphatic rings. The van der Waals surface area contributed by atoms with Crippen molar-refractivity contribution in [3.8, 4) is 11.5 Å². The first kappa shape index (κ1) is 21.4. The van der Waals surface area contributed by atoms with Crippen molar-refractivity contribution in [1.82, 2.24) is 0 Å². The maximum atomic E-state index is 13.3. The lowest BCUT2D eigenvalue weighted by Crippen LogP contribution is -2.29. The Hall–Kier alpha value is -3.43. The predicted octanol–water partition coefficient (Wildman–Crippen LogP) is 4.03. The fourth-order valence-electron chi connectivity index (χ4n) is 4.47. The van der Waals surface area contributed by atoms with E-state index in [1.807, 2.05) is 4.90 Å². The lowest BCUT2D eigenvalue weighted by atomic mass is 10.1. The third-order valence-electron chi connectivity index (χ3n) is 6.19. The van der Waals surface area contributed by atoms with Gasteiger partial charge in [0.15, 0.2) is 11.5 Å². The van der Waals surface area contributed by atoms with Crippen LogP contribution >= 0.6 is 0 Å². The highest BCUT2D eigenvalue weighted by molar-refractivity contribution is 6.04. The van der Waals surface area contributed by atoms with Gasteiger partial charge in [0.05, 0.1) is 22.9 Å². The van der Waals surface area contributed by atoms with Gasteiger partial charge in [0, 0.05) is 37.8 Å². The van der Waals surface area contributed by atoms with Crippen molar-refractivity contribution in [2.75, 3.05) is 41.5 Å². The van der Waals surface area contributed by atoms with Gasteiger partial charge in [0.2, 0.25) is 18.6 Å². The molecule has 2 aromatic carbocycles. The minimum atomic E-state index is -4.53. The van der Waals surface area contributed by atoms with Crippen molar-refractivity contribution in [3.05, 3.63) is 42.0 Å². The highest BCUT2D eigenvalue weighted by atomic mass is 19.4. The third-order valence-corrected chi connectivity index (χ3v) is 6.19. The van der Waals surface area contributed by atoms with E-state index in [4.69, 9.17) is 9.47 Å². The Bertz CT molecular complexity index is 1100. The smallest absolute Gasteiger partial charge is 0.416 e. The van der Waals surface area contributed by atoms with Crippen LogP contribution in [0.2, 0.25) is 0 Å². The van der Waals surface area contributed by atoms with Crippen LogP contribution in [0.15, 0.2) is 36.4 Å². The number of carbonyl (C=O) groups is 2. The van der Waals surface area contributed by atoms with Crippen molar-refractivity contribution < 1.29 is 32.2 Å².